The molecule has 5 heteroatoms. The average Bonchev–Trinajstić information content (AvgIpc) is 2.75. The fourth-order valence-electron chi connectivity index (χ4n) is 1.51. The van der Waals surface area contributed by atoms with E-state index >= 15 is 0 Å². The number of urea groups is 1. The van der Waals surface area contributed by atoms with Gasteiger partial charge in [0.2, 0.25) is 0 Å². The molecular weight excluding hydrogens is 216 g/mol. The molecule has 0 aliphatic heterocycles. The second kappa shape index (κ2) is 4.86. The number of nitrogens with zero attached hydrogens (tertiary/aromatic N) is 1. The first-order valence-electron chi connectivity index (χ1n) is 5.69. The van der Waals surface area contributed by atoms with Gasteiger partial charge in [-0.2, -0.15) is 5.10 Å². The van der Waals surface area contributed by atoms with E-state index in [0.717, 1.165) is 23.0 Å². The Balaban J connectivity index is 2.05. The maximum absolute atomic E-state index is 11.6. The van der Waals surface area contributed by atoms with Crippen LogP contribution >= 0.6 is 0 Å². The first kappa shape index (κ1) is 11.4. The van der Waals surface area contributed by atoms with Crippen LogP contribution in [0, 0.1) is 0 Å². The zero-order valence-electron chi connectivity index (χ0n) is 9.95. The van der Waals surface area contributed by atoms with Gasteiger partial charge in [0, 0.05) is 17.1 Å². The van der Waals surface area contributed by atoms with Gasteiger partial charge < -0.3 is 10.6 Å². The van der Waals surface area contributed by atoms with Crippen LogP contribution in [0.2, 0.25) is 0 Å². The van der Waals surface area contributed by atoms with E-state index in [2.05, 4.69) is 20.8 Å². The molecule has 0 spiro atoms. The fraction of sp³-hybridized carbons (Fsp3) is 0.333. The standard InChI is InChI=1S/C12H16N4O/c1-3-8(2)14-12(17)15-10-4-5-11-9(6-10)7-13-16-11/h4-8H,3H2,1-2H3,(H,13,16)(H2,14,15,17). The summed E-state index contributed by atoms with van der Waals surface area (Å²) in [5.74, 6) is 0. The number of anilines is 1. The molecule has 1 heterocycles. The first-order chi connectivity index (χ1) is 8.19. The van der Waals surface area contributed by atoms with Crippen molar-refractivity contribution in [1.29, 1.82) is 0 Å². The molecule has 0 radical (unpaired) electrons. The topological polar surface area (TPSA) is 69.8 Å². The number of rotatable bonds is 3. The summed E-state index contributed by atoms with van der Waals surface area (Å²) in [4.78, 5) is 11.6. The van der Waals surface area contributed by atoms with Crippen molar-refractivity contribution in [2.75, 3.05) is 5.32 Å². The van der Waals surface area contributed by atoms with E-state index in [0.29, 0.717) is 0 Å². The van der Waals surface area contributed by atoms with Gasteiger partial charge in [0.15, 0.2) is 0 Å². The van der Waals surface area contributed by atoms with Gasteiger partial charge in [0.1, 0.15) is 0 Å². The van der Waals surface area contributed by atoms with Gasteiger partial charge in [0.25, 0.3) is 0 Å². The molecule has 2 amide bonds. The lowest BCUT2D eigenvalue weighted by atomic mass is 10.2. The molecule has 0 saturated heterocycles. The largest absolute Gasteiger partial charge is 0.335 e. The highest BCUT2D eigenvalue weighted by molar-refractivity contribution is 5.92. The second-order valence-electron chi connectivity index (χ2n) is 4.08. The molecule has 3 N–H and O–H groups in total. The van der Waals surface area contributed by atoms with Crippen LogP contribution in [0.5, 0.6) is 0 Å². The molecule has 1 aromatic heterocycles. The zero-order chi connectivity index (χ0) is 12.3. The van der Waals surface area contributed by atoms with Crippen molar-refractivity contribution in [3.8, 4) is 0 Å². The van der Waals surface area contributed by atoms with Crippen LogP contribution in [0.15, 0.2) is 24.4 Å². The van der Waals surface area contributed by atoms with Crippen molar-refractivity contribution in [3.05, 3.63) is 24.4 Å². The van der Waals surface area contributed by atoms with Crippen molar-refractivity contribution < 1.29 is 4.79 Å². The van der Waals surface area contributed by atoms with Gasteiger partial charge in [-0.15, -0.1) is 0 Å². The van der Waals surface area contributed by atoms with Gasteiger partial charge in [-0.3, -0.25) is 5.10 Å². The monoisotopic (exact) mass is 232 g/mol. The fourth-order valence-corrected chi connectivity index (χ4v) is 1.51. The van der Waals surface area contributed by atoms with Gasteiger partial charge in [-0.1, -0.05) is 6.92 Å². The van der Waals surface area contributed by atoms with Gasteiger partial charge >= 0.3 is 6.03 Å². The minimum Gasteiger partial charge on any atom is -0.335 e. The van der Waals surface area contributed by atoms with Crippen molar-refractivity contribution in [2.45, 2.75) is 26.3 Å². The summed E-state index contributed by atoms with van der Waals surface area (Å²) in [6, 6.07) is 5.61. The molecule has 2 aromatic rings. The number of fused-ring (bicyclic) bond motifs is 1. The van der Waals surface area contributed by atoms with E-state index in [1.165, 1.54) is 0 Å². The minimum atomic E-state index is -0.179. The first-order valence-corrected chi connectivity index (χ1v) is 5.69. The van der Waals surface area contributed by atoms with Crippen molar-refractivity contribution >= 4 is 22.6 Å². The van der Waals surface area contributed by atoms with Gasteiger partial charge in [-0.05, 0) is 31.5 Å². The number of H-pyrrole nitrogens is 1. The molecule has 0 bridgehead atoms. The highest BCUT2D eigenvalue weighted by atomic mass is 16.2. The smallest absolute Gasteiger partial charge is 0.319 e. The maximum Gasteiger partial charge on any atom is 0.319 e. The van der Waals surface area contributed by atoms with Crippen molar-refractivity contribution in [2.24, 2.45) is 0 Å². The molecule has 0 fully saturated rings. The zero-order valence-corrected chi connectivity index (χ0v) is 9.95. The van der Waals surface area contributed by atoms with Crippen LogP contribution in [0.4, 0.5) is 10.5 Å². The molecule has 90 valence electrons. The lowest BCUT2D eigenvalue weighted by molar-refractivity contribution is 0.249. The molecule has 1 unspecified atom stereocenters. The molecule has 1 atom stereocenters. The van der Waals surface area contributed by atoms with Gasteiger partial charge in [0.05, 0.1) is 11.7 Å². The van der Waals surface area contributed by atoms with Crippen LogP contribution < -0.4 is 10.6 Å². The molecule has 0 aliphatic rings. The van der Waals surface area contributed by atoms with E-state index in [-0.39, 0.29) is 12.1 Å². The second-order valence-corrected chi connectivity index (χ2v) is 4.08. The van der Waals surface area contributed by atoms with Crippen LogP contribution in [0.3, 0.4) is 0 Å². The number of benzene rings is 1. The average molecular weight is 232 g/mol. The van der Waals surface area contributed by atoms with Crippen LogP contribution in [-0.2, 0) is 0 Å². The predicted octanol–water partition coefficient (Wildman–Crippen LogP) is 2.48. The Morgan fingerprint density at radius 2 is 2.35 bits per heavy atom. The summed E-state index contributed by atoms with van der Waals surface area (Å²) >= 11 is 0. The Morgan fingerprint density at radius 1 is 1.53 bits per heavy atom. The number of nitrogens with one attached hydrogen (secondary N) is 3. The van der Waals surface area contributed by atoms with Crippen LogP contribution in [0.25, 0.3) is 10.9 Å². The van der Waals surface area contributed by atoms with Crippen LogP contribution in [0.1, 0.15) is 20.3 Å². The lowest BCUT2D eigenvalue weighted by Gasteiger charge is -2.12. The summed E-state index contributed by atoms with van der Waals surface area (Å²) in [5, 5.41) is 13.4. The molecule has 5 nitrogen and oxygen atoms in total. The predicted molar refractivity (Wildman–Crippen MR) is 68.0 cm³/mol. The summed E-state index contributed by atoms with van der Waals surface area (Å²) in [6.45, 7) is 4.00. The van der Waals surface area contributed by atoms with E-state index < -0.39 is 0 Å². The van der Waals surface area contributed by atoms with E-state index in [1.54, 1.807) is 6.20 Å². The number of hydrogen-bond donors (Lipinski definition) is 3. The third kappa shape index (κ3) is 2.75. The number of hydrogen-bond acceptors (Lipinski definition) is 2. The summed E-state index contributed by atoms with van der Waals surface area (Å²) in [6.07, 6.45) is 2.64. The third-order valence-corrected chi connectivity index (χ3v) is 2.69. The van der Waals surface area contributed by atoms with Gasteiger partial charge in [-0.25, -0.2) is 4.79 Å². The summed E-state index contributed by atoms with van der Waals surface area (Å²) in [7, 11) is 0. The molecule has 0 aliphatic carbocycles. The third-order valence-electron chi connectivity index (χ3n) is 2.69. The Hall–Kier alpha value is -2.04. The molecule has 0 saturated carbocycles. The Bertz CT molecular complexity index is 520. The molecule has 2 rings (SSSR count). The normalized spacial score (nSPS) is 12.4. The molecular formula is C12H16N4O. The number of amides is 2. The lowest BCUT2D eigenvalue weighted by Crippen LogP contribution is -2.35. The number of carbonyl (C=O) groups is 1. The van der Waals surface area contributed by atoms with Crippen LogP contribution in [-0.4, -0.2) is 22.3 Å². The van der Waals surface area contributed by atoms with Crippen molar-refractivity contribution in [3.63, 3.8) is 0 Å². The quantitative estimate of drug-likeness (QED) is 0.760. The maximum atomic E-state index is 11.6. The van der Waals surface area contributed by atoms with E-state index in [1.807, 2.05) is 32.0 Å². The SMILES string of the molecule is CCC(C)NC(=O)Nc1ccc2[nH]ncc2c1. The Kier molecular flexibility index (Phi) is 3.27. The number of aromatic amines is 1. The highest BCUT2D eigenvalue weighted by Gasteiger charge is 2.05. The number of aromatic nitrogens is 2. The highest BCUT2D eigenvalue weighted by Crippen LogP contribution is 2.16. The summed E-state index contributed by atoms with van der Waals surface area (Å²) < 4.78 is 0. The molecule has 17 heavy (non-hydrogen) atoms. The number of carbonyl (C=O) groups excluding carboxylic acids is 1. The molecule has 1 aromatic carbocycles. The Labute approximate surface area is 99.6 Å². The van der Waals surface area contributed by atoms with E-state index in [9.17, 15) is 4.79 Å². The van der Waals surface area contributed by atoms with Crippen molar-refractivity contribution in [1.82, 2.24) is 15.5 Å². The summed E-state index contributed by atoms with van der Waals surface area (Å²) in [5.41, 5.74) is 1.72. The Morgan fingerprint density at radius 3 is 3.12 bits per heavy atom. The minimum absolute atomic E-state index is 0.174. The van der Waals surface area contributed by atoms with E-state index in [4.69, 9.17) is 0 Å².